The Hall–Kier alpha value is -1.62. The number of ether oxygens (including phenoxy) is 1. The summed E-state index contributed by atoms with van der Waals surface area (Å²) in [6.45, 7) is 3.33. The molecule has 2 rings (SSSR count). The van der Waals surface area contributed by atoms with Crippen molar-refractivity contribution in [1.29, 1.82) is 0 Å². The van der Waals surface area contributed by atoms with Gasteiger partial charge in [-0.15, -0.1) is 0 Å². The van der Waals surface area contributed by atoms with E-state index in [4.69, 9.17) is 4.74 Å². The first-order chi connectivity index (χ1) is 8.63. The van der Waals surface area contributed by atoms with E-state index < -0.39 is 0 Å². The summed E-state index contributed by atoms with van der Waals surface area (Å²) in [5.41, 5.74) is 1.09. The number of rotatable bonds is 4. The summed E-state index contributed by atoms with van der Waals surface area (Å²) < 4.78 is 5.62. The highest BCUT2D eigenvalue weighted by molar-refractivity contribution is 5.92. The minimum Gasteiger partial charge on any atom is -0.387 e. The summed E-state index contributed by atoms with van der Waals surface area (Å²) in [7, 11) is 1.81. The van der Waals surface area contributed by atoms with Crippen LogP contribution in [0.2, 0.25) is 0 Å². The van der Waals surface area contributed by atoms with Crippen molar-refractivity contribution in [3.8, 4) is 0 Å². The van der Waals surface area contributed by atoms with Crippen LogP contribution in [0.5, 0.6) is 0 Å². The molecule has 5 heteroatoms. The number of aromatic nitrogens is 1. The highest BCUT2D eigenvalue weighted by atomic mass is 16.5. The lowest BCUT2D eigenvalue weighted by Gasteiger charge is -2.23. The van der Waals surface area contributed by atoms with Gasteiger partial charge in [-0.05, 0) is 31.9 Å². The van der Waals surface area contributed by atoms with Gasteiger partial charge in [0.05, 0.1) is 17.5 Å². The molecule has 0 aromatic carbocycles. The fourth-order valence-electron chi connectivity index (χ4n) is 2.01. The van der Waals surface area contributed by atoms with Gasteiger partial charge in [0.1, 0.15) is 5.69 Å². The van der Waals surface area contributed by atoms with Crippen molar-refractivity contribution in [2.75, 3.05) is 25.5 Å². The summed E-state index contributed by atoms with van der Waals surface area (Å²) in [6, 6.07) is 3.54. The molecule has 1 aliphatic rings. The first-order valence-corrected chi connectivity index (χ1v) is 6.19. The summed E-state index contributed by atoms with van der Waals surface area (Å²) in [4.78, 5) is 16.0. The number of hydrogen-bond donors (Lipinski definition) is 2. The van der Waals surface area contributed by atoms with Gasteiger partial charge in [-0.2, -0.15) is 0 Å². The van der Waals surface area contributed by atoms with E-state index in [0.29, 0.717) is 12.2 Å². The van der Waals surface area contributed by atoms with Crippen LogP contribution in [-0.2, 0) is 4.74 Å². The number of carbonyl (C=O) groups excluding carboxylic acids is 1. The van der Waals surface area contributed by atoms with Gasteiger partial charge in [-0.3, -0.25) is 4.79 Å². The van der Waals surface area contributed by atoms with E-state index in [9.17, 15) is 4.79 Å². The number of pyridine rings is 1. The molecule has 0 spiro atoms. The Morgan fingerprint density at radius 1 is 1.56 bits per heavy atom. The van der Waals surface area contributed by atoms with Crippen LogP contribution >= 0.6 is 0 Å². The highest BCUT2D eigenvalue weighted by Crippen LogP contribution is 2.23. The third kappa shape index (κ3) is 2.98. The van der Waals surface area contributed by atoms with Crippen molar-refractivity contribution >= 4 is 11.6 Å². The van der Waals surface area contributed by atoms with E-state index in [1.165, 1.54) is 0 Å². The number of carbonyl (C=O) groups is 1. The van der Waals surface area contributed by atoms with E-state index in [1.807, 2.05) is 20.0 Å². The molecule has 1 aliphatic heterocycles. The first kappa shape index (κ1) is 12.8. The Kier molecular flexibility index (Phi) is 3.81. The molecular weight excluding hydrogens is 230 g/mol. The van der Waals surface area contributed by atoms with Crippen LogP contribution < -0.4 is 10.6 Å². The molecule has 1 fully saturated rings. The molecule has 0 radical (unpaired) electrons. The summed E-state index contributed by atoms with van der Waals surface area (Å²) in [5.74, 6) is -0.158. The van der Waals surface area contributed by atoms with E-state index in [0.717, 1.165) is 25.1 Å². The van der Waals surface area contributed by atoms with Gasteiger partial charge in [0.2, 0.25) is 0 Å². The zero-order valence-electron chi connectivity index (χ0n) is 10.8. The predicted octanol–water partition coefficient (Wildman–Crippen LogP) is 1.42. The Labute approximate surface area is 107 Å². The maximum absolute atomic E-state index is 11.9. The molecule has 0 bridgehead atoms. The Morgan fingerprint density at radius 2 is 2.39 bits per heavy atom. The van der Waals surface area contributed by atoms with Crippen molar-refractivity contribution in [3.05, 3.63) is 24.0 Å². The van der Waals surface area contributed by atoms with Gasteiger partial charge >= 0.3 is 0 Å². The third-order valence-electron chi connectivity index (χ3n) is 3.21. The molecule has 2 heterocycles. The number of nitrogens with one attached hydrogen (secondary N) is 2. The smallest absolute Gasteiger partial charge is 0.269 e. The van der Waals surface area contributed by atoms with Crippen LogP contribution in [0.3, 0.4) is 0 Å². The van der Waals surface area contributed by atoms with Gasteiger partial charge in [-0.1, -0.05) is 0 Å². The summed E-state index contributed by atoms with van der Waals surface area (Å²) >= 11 is 0. The molecule has 0 aliphatic carbocycles. The van der Waals surface area contributed by atoms with Crippen LogP contribution in [0, 0.1) is 0 Å². The van der Waals surface area contributed by atoms with Gasteiger partial charge in [0, 0.05) is 20.2 Å². The van der Waals surface area contributed by atoms with Gasteiger partial charge in [-0.25, -0.2) is 4.98 Å². The molecule has 1 aromatic heterocycles. The van der Waals surface area contributed by atoms with Crippen molar-refractivity contribution in [1.82, 2.24) is 10.3 Å². The minimum absolute atomic E-state index is 0.158. The zero-order chi connectivity index (χ0) is 13.0. The van der Waals surface area contributed by atoms with E-state index in [2.05, 4.69) is 15.6 Å². The van der Waals surface area contributed by atoms with Crippen LogP contribution in [0.15, 0.2) is 18.3 Å². The van der Waals surface area contributed by atoms with Gasteiger partial charge in [0.25, 0.3) is 5.91 Å². The predicted molar refractivity (Wildman–Crippen MR) is 69.7 cm³/mol. The molecule has 1 amide bonds. The van der Waals surface area contributed by atoms with Crippen LogP contribution in [0.25, 0.3) is 0 Å². The number of hydrogen-bond acceptors (Lipinski definition) is 4. The highest BCUT2D eigenvalue weighted by Gasteiger charge is 2.30. The zero-order valence-corrected chi connectivity index (χ0v) is 10.8. The van der Waals surface area contributed by atoms with E-state index >= 15 is 0 Å². The largest absolute Gasteiger partial charge is 0.387 e. The molecule has 1 unspecified atom stereocenters. The van der Waals surface area contributed by atoms with Crippen molar-refractivity contribution in [2.45, 2.75) is 25.4 Å². The second-order valence-electron chi connectivity index (χ2n) is 4.77. The quantitative estimate of drug-likeness (QED) is 0.847. The standard InChI is InChI=1S/C13H19N3O2/c1-13(6-3-7-18-13)9-16-12(17)11-5-4-10(14-2)8-15-11/h4-5,8,14H,3,6-7,9H2,1-2H3,(H,16,17). The van der Waals surface area contributed by atoms with Crippen LogP contribution in [0.1, 0.15) is 30.3 Å². The second kappa shape index (κ2) is 5.35. The summed E-state index contributed by atoms with van der Waals surface area (Å²) in [6.07, 6.45) is 3.68. The maximum Gasteiger partial charge on any atom is 0.269 e. The SMILES string of the molecule is CNc1ccc(C(=O)NCC2(C)CCCO2)nc1. The molecule has 1 atom stereocenters. The average Bonchev–Trinajstić information content (AvgIpc) is 2.83. The molecule has 2 N–H and O–H groups in total. The second-order valence-corrected chi connectivity index (χ2v) is 4.77. The molecular formula is C13H19N3O2. The lowest BCUT2D eigenvalue weighted by atomic mass is 10.0. The average molecular weight is 249 g/mol. The fourth-order valence-corrected chi connectivity index (χ4v) is 2.01. The van der Waals surface area contributed by atoms with Crippen molar-refractivity contribution < 1.29 is 9.53 Å². The number of anilines is 1. The normalized spacial score (nSPS) is 22.8. The van der Waals surface area contributed by atoms with Crippen molar-refractivity contribution in [2.24, 2.45) is 0 Å². The Balaban J connectivity index is 1.90. The first-order valence-electron chi connectivity index (χ1n) is 6.19. The van der Waals surface area contributed by atoms with Crippen molar-refractivity contribution in [3.63, 3.8) is 0 Å². The van der Waals surface area contributed by atoms with Gasteiger partial charge < -0.3 is 15.4 Å². The lowest BCUT2D eigenvalue weighted by Crippen LogP contribution is -2.40. The Bertz CT molecular complexity index is 411. The van der Waals surface area contributed by atoms with Crippen LogP contribution in [0.4, 0.5) is 5.69 Å². The molecule has 18 heavy (non-hydrogen) atoms. The molecule has 5 nitrogen and oxygen atoms in total. The topological polar surface area (TPSA) is 63.2 Å². The maximum atomic E-state index is 11.9. The minimum atomic E-state index is -0.222. The molecule has 98 valence electrons. The van der Waals surface area contributed by atoms with E-state index in [-0.39, 0.29) is 11.5 Å². The van der Waals surface area contributed by atoms with E-state index in [1.54, 1.807) is 12.3 Å². The number of nitrogens with zero attached hydrogens (tertiary/aromatic N) is 1. The lowest BCUT2D eigenvalue weighted by molar-refractivity contribution is 0.0205. The Morgan fingerprint density at radius 3 is 2.94 bits per heavy atom. The fraction of sp³-hybridized carbons (Fsp3) is 0.538. The number of amides is 1. The third-order valence-corrected chi connectivity index (χ3v) is 3.21. The monoisotopic (exact) mass is 249 g/mol. The molecule has 1 saturated heterocycles. The molecule has 1 aromatic rings. The summed E-state index contributed by atoms with van der Waals surface area (Å²) in [5, 5.41) is 5.83. The molecule has 0 saturated carbocycles. The van der Waals surface area contributed by atoms with Crippen LogP contribution in [-0.4, -0.2) is 36.7 Å². The van der Waals surface area contributed by atoms with Gasteiger partial charge in [0.15, 0.2) is 0 Å².